The fraction of sp³-hybridized carbons (Fsp3) is 0.318. The summed E-state index contributed by atoms with van der Waals surface area (Å²) in [6.07, 6.45) is 3.71. The quantitative estimate of drug-likeness (QED) is 0.466. The van der Waals surface area contributed by atoms with Crippen molar-refractivity contribution in [2.45, 2.75) is 30.4 Å². The maximum absolute atomic E-state index is 15.8. The predicted octanol–water partition coefficient (Wildman–Crippen LogP) is 4.47. The molecule has 176 valence electrons. The lowest BCUT2D eigenvalue weighted by atomic mass is 10.1. The second kappa shape index (κ2) is 9.54. The molecule has 0 aliphatic carbocycles. The number of ether oxygens (including phenoxy) is 2. The van der Waals surface area contributed by atoms with Gasteiger partial charge in [-0.25, -0.2) is 30.6 Å². The molecule has 11 heteroatoms. The molecule has 3 aromatic rings. The van der Waals surface area contributed by atoms with Crippen molar-refractivity contribution in [1.29, 1.82) is 0 Å². The molecule has 0 bridgehead atoms. The van der Waals surface area contributed by atoms with Gasteiger partial charge in [-0.15, -0.1) is 0 Å². The van der Waals surface area contributed by atoms with Crippen LogP contribution in [0.1, 0.15) is 25.5 Å². The molecule has 1 fully saturated rings. The molecule has 1 aliphatic heterocycles. The van der Waals surface area contributed by atoms with Crippen LogP contribution in [-0.4, -0.2) is 38.6 Å². The van der Waals surface area contributed by atoms with E-state index in [0.717, 1.165) is 18.9 Å². The van der Waals surface area contributed by atoms with Crippen LogP contribution in [0, 0.1) is 17.5 Å². The van der Waals surface area contributed by atoms with E-state index in [1.807, 2.05) is 0 Å². The van der Waals surface area contributed by atoms with Gasteiger partial charge in [0.1, 0.15) is 23.3 Å². The van der Waals surface area contributed by atoms with Crippen LogP contribution in [0.5, 0.6) is 0 Å². The highest BCUT2D eigenvalue weighted by atomic mass is 32.2. The summed E-state index contributed by atoms with van der Waals surface area (Å²) in [6, 6.07) is 7.81. The summed E-state index contributed by atoms with van der Waals surface area (Å²) in [5.74, 6) is -2.99. The minimum absolute atomic E-state index is 0.0789. The molecule has 2 heterocycles. The molecule has 1 atom stereocenters. The topological polar surface area (TPSA) is 73.7 Å². The maximum atomic E-state index is 15.8. The van der Waals surface area contributed by atoms with Crippen molar-refractivity contribution in [3.05, 3.63) is 66.1 Å². The van der Waals surface area contributed by atoms with E-state index in [-0.39, 0.29) is 17.5 Å². The highest BCUT2D eigenvalue weighted by Crippen LogP contribution is 2.35. The zero-order valence-corrected chi connectivity index (χ0v) is 18.6. The third kappa shape index (κ3) is 4.48. The van der Waals surface area contributed by atoms with Gasteiger partial charge in [0.15, 0.2) is 12.0 Å². The lowest BCUT2D eigenvalue weighted by molar-refractivity contribution is -0.0383. The summed E-state index contributed by atoms with van der Waals surface area (Å²) >= 11 is 0. The number of benzene rings is 2. The van der Waals surface area contributed by atoms with Gasteiger partial charge in [-0.05, 0) is 55.7 Å². The van der Waals surface area contributed by atoms with E-state index in [1.54, 1.807) is 10.7 Å². The molecule has 0 spiro atoms. The van der Waals surface area contributed by atoms with E-state index in [0.29, 0.717) is 35.2 Å². The van der Waals surface area contributed by atoms with Crippen molar-refractivity contribution >= 4 is 15.7 Å². The van der Waals surface area contributed by atoms with E-state index in [9.17, 15) is 17.2 Å². The Morgan fingerprint density at radius 3 is 2.73 bits per heavy atom. The van der Waals surface area contributed by atoms with Crippen molar-refractivity contribution in [3.63, 3.8) is 0 Å². The average molecular weight is 481 g/mol. The number of aromatic nitrogens is 2. The number of halogens is 3. The smallest absolute Gasteiger partial charge is 0.269 e. The molecule has 0 saturated carbocycles. The van der Waals surface area contributed by atoms with Gasteiger partial charge in [0, 0.05) is 25.5 Å². The van der Waals surface area contributed by atoms with Crippen molar-refractivity contribution < 1.29 is 31.1 Å². The van der Waals surface area contributed by atoms with Crippen LogP contribution in [-0.2, 0) is 19.5 Å². The van der Waals surface area contributed by atoms with Gasteiger partial charge >= 0.3 is 0 Å². The van der Waals surface area contributed by atoms with Crippen molar-refractivity contribution in [3.8, 4) is 11.3 Å². The molecule has 1 aliphatic rings. The molecule has 4 rings (SSSR count). The number of rotatable bonds is 7. The average Bonchev–Trinajstić information content (AvgIpc) is 3.29. The minimum Gasteiger partial charge on any atom is -0.363 e. The number of anilines is 1. The predicted molar refractivity (Wildman–Crippen MR) is 114 cm³/mol. The molecule has 33 heavy (non-hydrogen) atoms. The van der Waals surface area contributed by atoms with Crippen LogP contribution in [0.25, 0.3) is 11.3 Å². The molecule has 0 radical (unpaired) electrons. The van der Waals surface area contributed by atoms with Gasteiger partial charge in [-0.2, -0.15) is 5.10 Å². The van der Waals surface area contributed by atoms with E-state index >= 15 is 4.39 Å². The summed E-state index contributed by atoms with van der Waals surface area (Å²) in [7, 11) is -3.49. The number of methoxy groups -OCH3 is 1. The molecule has 1 unspecified atom stereocenters. The molecular formula is C22H22F3N3O4S. The van der Waals surface area contributed by atoms with E-state index in [4.69, 9.17) is 9.47 Å². The Bertz CT molecular complexity index is 1240. The monoisotopic (exact) mass is 481 g/mol. The van der Waals surface area contributed by atoms with Crippen LogP contribution >= 0.6 is 0 Å². The molecule has 1 aromatic heterocycles. The SMILES string of the molecule is COCN(c1cccc(-c2ccnn2C2CCCCO2)c1F)S(=O)(=O)c1cc(F)ccc1F. The standard InChI is InChI=1S/C22H22F3N3O4S/c1-31-14-27(33(29,30)20-13-15(23)8-9-17(20)24)19-6-4-5-16(22(19)25)18-10-11-26-28(18)21-7-2-3-12-32-21/h4-6,8-11,13,21H,2-3,7,12,14H2,1H3. The van der Waals surface area contributed by atoms with Crippen LogP contribution in [0.3, 0.4) is 0 Å². The number of sulfonamides is 1. The van der Waals surface area contributed by atoms with Gasteiger partial charge in [0.2, 0.25) is 0 Å². The Labute approximate surface area is 189 Å². The van der Waals surface area contributed by atoms with Gasteiger partial charge < -0.3 is 9.47 Å². The largest absolute Gasteiger partial charge is 0.363 e. The first kappa shape index (κ1) is 23.3. The van der Waals surface area contributed by atoms with Gasteiger partial charge in [0.25, 0.3) is 10.0 Å². The van der Waals surface area contributed by atoms with Crippen LogP contribution < -0.4 is 4.31 Å². The van der Waals surface area contributed by atoms with E-state index in [2.05, 4.69) is 5.10 Å². The van der Waals surface area contributed by atoms with Crippen LogP contribution in [0.2, 0.25) is 0 Å². The third-order valence-corrected chi connectivity index (χ3v) is 7.08. The number of hydrogen-bond acceptors (Lipinski definition) is 5. The first-order valence-corrected chi connectivity index (χ1v) is 11.7. The Hall–Kier alpha value is -2.89. The maximum Gasteiger partial charge on any atom is 0.269 e. The van der Waals surface area contributed by atoms with Gasteiger partial charge in [-0.3, -0.25) is 0 Å². The molecule has 1 saturated heterocycles. The Morgan fingerprint density at radius 2 is 2.00 bits per heavy atom. The fourth-order valence-corrected chi connectivity index (χ4v) is 5.22. The zero-order valence-electron chi connectivity index (χ0n) is 17.7. The lowest BCUT2D eigenvalue weighted by Crippen LogP contribution is -2.34. The van der Waals surface area contributed by atoms with Gasteiger partial charge in [-0.1, -0.05) is 6.07 Å². The van der Waals surface area contributed by atoms with Crippen LogP contribution in [0.15, 0.2) is 53.6 Å². The summed E-state index contributed by atoms with van der Waals surface area (Å²) in [4.78, 5) is -0.926. The van der Waals surface area contributed by atoms with Crippen molar-refractivity contribution in [1.82, 2.24) is 9.78 Å². The second-order valence-corrected chi connectivity index (χ2v) is 9.30. The first-order chi connectivity index (χ1) is 15.8. The summed E-state index contributed by atoms with van der Waals surface area (Å²) in [6.45, 7) is -0.0603. The summed E-state index contributed by atoms with van der Waals surface area (Å²) in [5.41, 5.74) is 0.0958. The summed E-state index contributed by atoms with van der Waals surface area (Å²) < 4.78 is 83.0. The summed E-state index contributed by atoms with van der Waals surface area (Å²) in [5, 5.41) is 4.26. The Balaban J connectivity index is 1.80. The number of hydrogen-bond donors (Lipinski definition) is 0. The highest BCUT2D eigenvalue weighted by molar-refractivity contribution is 7.92. The second-order valence-electron chi connectivity index (χ2n) is 7.47. The first-order valence-electron chi connectivity index (χ1n) is 10.3. The van der Waals surface area contributed by atoms with Gasteiger partial charge in [0.05, 0.1) is 11.4 Å². The highest BCUT2D eigenvalue weighted by Gasteiger charge is 2.32. The molecular weight excluding hydrogens is 459 g/mol. The Morgan fingerprint density at radius 1 is 1.18 bits per heavy atom. The third-order valence-electron chi connectivity index (χ3n) is 5.33. The van der Waals surface area contributed by atoms with Crippen LogP contribution in [0.4, 0.5) is 18.9 Å². The molecule has 0 N–H and O–H groups in total. The minimum atomic E-state index is -4.70. The molecule has 2 aromatic carbocycles. The number of nitrogens with zero attached hydrogens (tertiary/aromatic N) is 3. The normalized spacial score (nSPS) is 16.7. The van der Waals surface area contributed by atoms with E-state index < -0.39 is 39.1 Å². The zero-order chi connectivity index (χ0) is 23.6. The van der Waals surface area contributed by atoms with E-state index in [1.165, 1.54) is 31.5 Å². The van der Waals surface area contributed by atoms with Crippen molar-refractivity contribution in [2.24, 2.45) is 0 Å². The molecule has 7 nitrogen and oxygen atoms in total. The molecule has 0 amide bonds. The Kier molecular flexibility index (Phi) is 6.73. The fourth-order valence-electron chi connectivity index (χ4n) is 3.76. The van der Waals surface area contributed by atoms with Crippen molar-refractivity contribution in [2.75, 3.05) is 24.8 Å². The lowest BCUT2D eigenvalue weighted by Gasteiger charge is -2.26.